The molecule has 0 saturated heterocycles. The summed E-state index contributed by atoms with van der Waals surface area (Å²) in [5.74, 6) is 0. The fraction of sp³-hybridized carbons (Fsp3) is 0.462. The second-order valence-corrected chi connectivity index (χ2v) is 10.8. The summed E-state index contributed by atoms with van der Waals surface area (Å²) in [7, 11) is 1.14. The monoisotopic (exact) mass is 390 g/mol. The molecule has 0 unspecified atom stereocenters. The molecule has 148 valence electrons. The molecule has 3 aromatic rings. The molecular formula is C26H35BS. The third kappa shape index (κ3) is 3.94. The van der Waals surface area contributed by atoms with Crippen LogP contribution >= 0.6 is 11.3 Å². The second kappa shape index (κ2) is 8.07. The Morgan fingerprint density at radius 1 is 0.929 bits per heavy atom. The van der Waals surface area contributed by atoms with Gasteiger partial charge in [-0.3, -0.25) is 0 Å². The van der Waals surface area contributed by atoms with Gasteiger partial charge in [0.1, 0.15) is 0 Å². The highest BCUT2D eigenvalue weighted by Gasteiger charge is 2.32. The van der Waals surface area contributed by atoms with Crippen molar-refractivity contribution >= 4 is 57.1 Å². The number of thiophene rings is 1. The molecule has 0 amide bonds. The quantitative estimate of drug-likeness (QED) is 0.470. The van der Waals surface area contributed by atoms with Crippen molar-refractivity contribution in [2.75, 3.05) is 0 Å². The van der Waals surface area contributed by atoms with Crippen molar-refractivity contribution < 1.29 is 0 Å². The Morgan fingerprint density at radius 3 is 2.18 bits per heavy atom. The molecule has 0 atom stereocenters. The van der Waals surface area contributed by atoms with E-state index in [0.717, 1.165) is 20.1 Å². The van der Waals surface area contributed by atoms with Crippen LogP contribution in [0, 0.1) is 10.8 Å². The van der Waals surface area contributed by atoms with E-state index in [2.05, 4.69) is 91.0 Å². The summed E-state index contributed by atoms with van der Waals surface area (Å²) in [6.45, 7) is 16.4. The molecule has 0 aliphatic heterocycles. The standard InChI is InChI=1S/C26H35BS/c1-8-12-20-22(13-9-2)28-23-16-21(27-17-26(6,7)25(3,4)5)18-14-10-11-15-19(18)24(20)23/h10-16,27H,8-9,17H2,1-7H3/b20-12+,22-13+. The molecule has 2 heteroatoms. The smallest absolute Gasteiger partial charge is 0.136 e. The van der Waals surface area contributed by atoms with Gasteiger partial charge in [0.05, 0.1) is 0 Å². The summed E-state index contributed by atoms with van der Waals surface area (Å²) in [6.07, 6.45) is 8.17. The van der Waals surface area contributed by atoms with Crippen LogP contribution in [0.4, 0.5) is 0 Å². The zero-order valence-electron chi connectivity index (χ0n) is 18.8. The maximum absolute atomic E-state index is 2.49. The highest BCUT2D eigenvalue weighted by Crippen LogP contribution is 2.41. The Kier molecular flexibility index (Phi) is 6.10. The Bertz CT molecular complexity index is 1090. The van der Waals surface area contributed by atoms with Crippen molar-refractivity contribution in [1.82, 2.24) is 0 Å². The first-order chi connectivity index (χ1) is 13.2. The van der Waals surface area contributed by atoms with Crippen LogP contribution in [-0.4, -0.2) is 7.28 Å². The number of hydrogen-bond acceptors (Lipinski definition) is 1. The molecule has 0 saturated carbocycles. The lowest BCUT2D eigenvalue weighted by atomic mass is 9.53. The molecule has 0 spiro atoms. The van der Waals surface area contributed by atoms with Crippen LogP contribution in [-0.2, 0) is 0 Å². The second-order valence-electron chi connectivity index (χ2n) is 9.69. The maximum atomic E-state index is 2.49. The average Bonchev–Trinajstić information content (AvgIpc) is 2.97. The first kappa shape index (κ1) is 21.2. The van der Waals surface area contributed by atoms with E-state index in [1.165, 1.54) is 42.4 Å². The van der Waals surface area contributed by atoms with Gasteiger partial charge in [-0.05, 0) is 45.7 Å². The molecule has 0 bridgehead atoms. The van der Waals surface area contributed by atoms with Crippen molar-refractivity contribution in [2.45, 2.75) is 67.6 Å². The average molecular weight is 390 g/mol. The molecule has 0 N–H and O–H groups in total. The Balaban J connectivity index is 2.23. The van der Waals surface area contributed by atoms with Crippen molar-refractivity contribution in [3.8, 4) is 0 Å². The van der Waals surface area contributed by atoms with Crippen LogP contribution in [0.1, 0.15) is 61.3 Å². The van der Waals surface area contributed by atoms with E-state index in [9.17, 15) is 0 Å². The van der Waals surface area contributed by atoms with E-state index in [1.807, 2.05) is 11.3 Å². The molecule has 2 aromatic carbocycles. The molecule has 3 rings (SSSR count). The van der Waals surface area contributed by atoms with Crippen molar-refractivity contribution in [1.29, 1.82) is 0 Å². The van der Waals surface area contributed by atoms with E-state index >= 15 is 0 Å². The predicted octanol–water partition coefficient (Wildman–Crippen LogP) is 5.99. The summed E-state index contributed by atoms with van der Waals surface area (Å²) in [5.41, 5.74) is 2.12. The molecule has 28 heavy (non-hydrogen) atoms. The number of benzene rings is 2. The number of fused-ring (bicyclic) bond motifs is 3. The lowest BCUT2D eigenvalue weighted by molar-refractivity contribution is 0.157. The maximum Gasteiger partial charge on any atom is 0.159 e. The van der Waals surface area contributed by atoms with E-state index in [1.54, 1.807) is 0 Å². The van der Waals surface area contributed by atoms with Gasteiger partial charge in [-0.2, -0.15) is 0 Å². The first-order valence-electron chi connectivity index (χ1n) is 10.8. The molecule has 0 fully saturated rings. The van der Waals surface area contributed by atoms with Gasteiger partial charge < -0.3 is 0 Å². The zero-order chi connectivity index (χ0) is 20.5. The van der Waals surface area contributed by atoms with Gasteiger partial charge in [0, 0.05) is 14.6 Å². The Labute approximate surface area is 175 Å². The minimum absolute atomic E-state index is 0.306. The van der Waals surface area contributed by atoms with Gasteiger partial charge in [-0.15, -0.1) is 11.3 Å². The van der Waals surface area contributed by atoms with E-state index in [4.69, 9.17) is 0 Å². The third-order valence-electron chi connectivity index (χ3n) is 6.70. The summed E-state index contributed by atoms with van der Waals surface area (Å²) >= 11 is 1.97. The first-order valence-corrected chi connectivity index (χ1v) is 11.6. The highest BCUT2D eigenvalue weighted by atomic mass is 32.1. The largest absolute Gasteiger partial charge is 0.159 e. The van der Waals surface area contributed by atoms with Gasteiger partial charge in [0.2, 0.25) is 0 Å². The molecule has 0 aliphatic carbocycles. The van der Waals surface area contributed by atoms with Crippen LogP contribution in [0.2, 0.25) is 6.32 Å². The molecule has 0 radical (unpaired) electrons. The van der Waals surface area contributed by atoms with Crippen LogP contribution in [0.25, 0.3) is 33.0 Å². The van der Waals surface area contributed by atoms with E-state index in [-0.39, 0.29) is 0 Å². The molecule has 1 aromatic heterocycles. The van der Waals surface area contributed by atoms with Gasteiger partial charge >= 0.3 is 0 Å². The van der Waals surface area contributed by atoms with E-state index in [0.29, 0.717) is 10.8 Å². The highest BCUT2D eigenvalue weighted by molar-refractivity contribution is 7.17. The minimum atomic E-state index is 0.306. The summed E-state index contributed by atoms with van der Waals surface area (Å²) in [4.78, 5) is 0. The zero-order valence-corrected chi connectivity index (χ0v) is 19.6. The van der Waals surface area contributed by atoms with Crippen molar-refractivity contribution in [3.05, 3.63) is 40.1 Å². The fourth-order valence-electron chi connectivity index (χ4n) is 3.85. The van der Waals surface area contributed by atoms with Crippen LogP contribution in [0.15, 0.2) is 30.3 Å². The fourth-order valence-corrected chi connectivity index (χ4v) is 5.16. The normalized spacial score (nSPS) is 14.4. The topological polar surface area (TPSA) is 0 Å². The van der Waals surface area contributed by atoms with Crippen molar-refractivity contribution in [3.63, 3.8) is 0 Å². The number of rotatable bonds is 5. The molecule has 0 nitrogen and oxygen atoms in total. The van der Waals surface area contributed by atoms with E-state index < -0.39 is 0 Å². The molecule has 1 heterocycles. The minimum Gasteiger partial charge on any atom is -0.136 e. The van der Waals surface area contributed by atoms with Gasteiger partial charge in [0.25, 0.3) is 0 Å². The van der Waals surface area contributed by atoms with Gasteiger partial charge in [-0.25, -0.2) is 0 Å². The Hall–Kier alpha value is -1.54. The van der Waals surface area contributed by atoms with Gasteiger partial charge in [-0.1, -0.05) is 96.7 Å². The summed E-state index contributed by atoms with van der Waals surface area (Å²) in [5, 5.41) is 5.77. The van der Waals surface area contributed by atoms with Crippen molar-refractivity contribution in [2.24, 2.45) is 10.8 Å². The van der Waals surface area contributed by atoms with Crippen LogP contribution < -0.4 is 15.2 Å². The van der Waals surface area contributed by atoms with Crippen LogP contribution in [0.3, 0.4) is 0 Å². The van der Waals surface area contributed by atoms with Gasteiger partial charge in [0.15, 0.2) is 7.28 Å². The SMILES string of the molecule is CC/C=c1\c(=C/CC)sc2cc(BCC(C)(C)C(C)(C)C)c3ccccc3c12. The number of hydrogen-bond donors (Lipinski definition) is 0. The lowest BCUT2D eigenvalue weighted by Gasteiger charge is -2.39. The predicted molar refractivity (Wildman–Crippen MR) is 133 cm³/mol. The Morgan fingerprint density at radius 2 is 1.57 bits per heavy atom. The summed E-state index contributed by atoms with van der Waals surface area (Å²) in [6, 6.07) is 11.5. The third-order valence-corrected chi connectivity index (χ3v) is 7.84. The summed E-state index contributed by atoms with van der Waals surface area (Å²) < 4.78 is 2.89. The molecular weight excluding hydrogens is 355 g/mol. The molecule has 0 aliphatic rings. The lowest BCUT2D eigenvalue weighted by Crippen LogP contribution is -2.33. The van der Waals surface area contributed by atoms with Crippen LogP contribution in [0.5, 0.6) is 0 Å².